The van der Waals surface area contributed by atoms with Gasteiger partial charge < -0.3 is 5.32 Å². The molecule has 3 amide bonds. The van der Waals surface area contributed by atoms with Gasteiger partial charge in [-0.1, -0.05) is 24.3 Å². The van der Waals surface area contributed by atoms with Crippen molar-refractivity contribution in [2.45, 2.75) is 13.0 Å². The summed E-state index contributed by atoms with van der Waals surface area (Å²) in [5.41, 5.74) is 2.68. The van der Waals surface area contributed by atoms with Crippen molar-refractivity contribution in [1.82, 2.24) is 19.3 Å². The smallest absolute Gasteiger partial charge is 0.262 e. The summed E-state index contributed by atoms with van der Waals surface area (Å²) in [7, 11) is 0. The van der Waals surface area contributed by atoms with E-state index in [2.05, 4.69) is 15.3 Å². The average Bonchev–Trinajstić information content (AvgIpc) is 3.33. The highest BCUT2D eigenvalue weighted by atomic mass is 16.2. The van der Waals surface area contributed by atoms with Crippen molar-refractivity contribution in [3.8, 4) is 11.3 Å². The first-order valence-electron chi connectivity index (χ1n) is 9.71. The number of anilines is 1. The van der Waals surface area contributed by atoms with E-state index in [1.165, 1.54) is 6.92 Å². The zero-order valence-electron chi connectivity index (χ0n) is 16.5. The molecule has 0 radical (unpaired) electrons. The minimum atomic E-state index is -0.963. The number of nitrogens with one attached hydrogen (secondary N) is 1. The van der Waals surface area contributed by atoms with Gasteiger partial charge in [0.05, 0.1) is 16.8 Å². The molecule has 2 aromatic carbocycles. The van der Waals surface area contributed by atoms with Crippen molar-refractivity contribution in [1.29, 1.82) is 0 Å². The lowest BCUT2D eigenvalue weighted by Gasteiger charge is -2.21. The number of imidazole rings is 1. The topological polar surface area (TPSA) is 96.7 Å². The molecule has 4 aromatic rings. The van der Waals surface area contributed by atoms with Crippen LogP contribution < -0.4 is 5.32 Å². The van der Waals surface area contributed by atoms with Gasteiger partial charge >= 0.3 is 0 Å². The van der Waals surface area contributed by atoms with Crippen LogP contribution in [0.25, 0.3) is 17.0 Å². The zero-order chi connectivity index (χ0) is 21.5. The number of amides is 3. The number of fused-ring (bicyclic) bond motifs is 2. The lowest BCUT2D eigenvalue weighted by Crippen LogP contribution is -2.45. The first kappa shape index (κ1) is 18.7. The summed E-state index contributed by atoms with van der Waals surface area (Å²) in [6.45, 7) is 1.54. The molecule has 8 nitrogen and oxygen atoms in total. The second-order valence-electron chi connectivity index (χ2n) is 7.23. The van der Waals surface area contributed by atoms with Crippen LogP contribution in [0.15, 0.2) is 73.2 Å². The van der Waals surface area contributed by atoms with Crippen LogP contribution in [-0.2, 0) is 4.79 Å². The van der Waals surface area contributed by atoms with Crippen LogP contribution in [0.5, 0.6) is 0 Å². The Morgan fingerprint density at radius 2 is 1.74 bits per heavy atom. The van der Waals surface area contributed by atoms with Gasteiger partial charge in [0.2, 0.25) is 11.7 Å². The van der Waals surface area contributed by atoms with Crippen molar-refractivity contribution in [3.05, 3.63) is 84.3 Å². The molecule has 31 heavy (non-hydrogen) atoms. The first-order valence-corrected chi connectivity index (χ1v) is 9.71. The Labute approximate surface area is 177 Å². The quantitative estimate of drug-likeness (QED) is 0.521. The van der Waals surface area contributed by atoms with Gasteiger partial charge in [-0.05, 0) is 37.3 Å². The van der Waals surface area contributed by atoms with Crippen molar-refractivity contribution in [3.63, 3.8) is 0 Å². The number of imide groups is 1. The second kappa shape index (κ2) is 7.17. The molecule has 152 valence electrons. The Bertz CT molecular complexity index is 1290. The maximum atomic E-state index is 12.8. The van der Waals surface area contributed by atoms with E-state index in [-0.39, 0.29) is 0 Å². The zero-order valence-corrected chi connectivity index (χ0v) is 16.5. The van der Waals surface area contributed by atoms with Gasteiger partial charge in [-0.15, -0.1) is 0 Å². The fraction of sp³-hybridized carbons (Fsp3) is 0.0870. The Morgan fingerprint density at radius 1 is 1.00 bits per heavy atom. The van der Waals surface area contributed by atoms with Gasteiger partial charge in [0.25, 0.3) is 11.8 Å². The molecule has 1 aliphatic rings. The van der Waals surface area contributed by atoms with Crippen LogP contribution in [0.2, 0.25) is 0 Å². The van der Waals surface area contributed by atoms with Gasteiger partial charge in [-0.2, -0.15) is 0 Å². The highest BCUT2D eigenvalue weighted by Gasteiger charge is 2.40. The molecule has 2 aromatic heterocycles. The monoisotopic (exact) mass is 411 g/mol. The predicted octanol–water partition coefficient (Wildman–Crippen LogP) is 3.02. The lowest BCUT2D eigenvalue weighted by molar-refractivity contribution is -0.119. The van der Waals surface area contributed by atoms with E-state index in [0.717, 1.165) is 10.5 Å². The van der Waals surface area contributed by atoms with Crippen LogP contribution in [0.4, 0.5) is 5.69 Å². The van der Waals surface area contributed by atoms with Crippen LogP contribution in [0.3, 0.4) is 0 Å². The summed E-state index contributed by atoms with van der Waals surface area (Å²) in [4.78, 5) is 47.8. The average molecular weight is 411 g/mol. The Morgan fingerprint density at radius 3 is 2.45 bits per heavy atom. The summed E-state index contributed by atoms with van der Waals surface area (Å²) >= 11 is 0. The highest BCUT2D eigenvalue weighted by Crippen LogP contribution is 2.26. The molecule has 3 heterocycles. The number of aromatic nitrogens is 3. The van der Waals surface area contributed by atoms with Gasteiger partial charge in [-0.3, -0.25) is 23.7 Å². The molecule has 0 aliphatic carbocycles. The molecule has 5 rings (SSSR count). The fourth-order valence-corrected chi connectivity index (χ4v) is 3.65. The molecule has 0 fully saturated rings. The Hall–Kier alpha value is -4.33. The number of rotatable bonds is 4. The number of hydrogen-bond donors (Lipinski definition) is 1. The van der Waals surface area contributed by atoms with E-state index >= 15 is 0 Å². The third-order valence-corrected chi connectivity index (χ3v) is 5.25. The van der Waals surface area contributed by atoms with Crippen molar-refractivity contribution in [2.24, 2.45) is 0 Å². The minimum absolute atomic E-state index is 0.314. The fourth-order valence-electron chi connectivity index (χ4n) is 3.65. The molecule has 0 saturated heterocycles. The molecule has 0 unspecified atom stereocenters. The number of benzene rings is 2. The Kier molecular flexibility index (Phi) is 4.32. The van der Waals surface area contributed by atoms with E-state index < -0.39 is 23.8 Å². The van der Waals surface area contributed by atoms with Crippen molar-refractivity contribution >= 4 is 29.2 Å². The third kappa shape index (κ3) is 3.14. The molecule has 1 N–H and O–H groups in total. The van der Waals surface area contributed by atoms with Crippen LogP contribution >= 0.6 is 0 Å². The predicted molar refractivity (Wildman–Crippen MR) is 113 cm³/mol. The maximum absolute atomic E-state index is 12.8. The largest absolute Gasteiger partial charge is 0.324 e. The molecule has 1 aliphatic heterocycles. The molecule has 0 spiro atoms. The van der Waals surface area contributed by atoms with Gasteiger partial charge in [-0.25, -0.2) is 9.97 Å². The number of hydrogen-bond acceptors (Lipinski definition) is 5. The van der Waals surface area contributed by atoms with Crippen LogP contribution in [-0.4, -0.2) is 43.0 Å². The van der Waals surface area contributed by atoms with Crippen molar-refractivity contribution in [2.75, 3.05) is 5.32 Å². The number of carbonyl (C=O) groups is 3. The maximum Gasteiger partial charge on any atom is 0.262 e. The van der Waals surface area contributed by atoms with Gasteiger partial charge in [0, 0.05) is 29.8 Å². The third-order valence-electron chi connectivity index (χ3n) is 5.25. The molecule has 0 bridgehead atoms. The summed E-state index contributed by atoms with van der Waals surface area (Å²) in [5, 5.41) is 2.80. The lowest BCUT2D eigenvalue weighted by atomic mass is 10.1. The van der Waals surface area contributed by atoms with E-state index in [1.807, 2.05) is 28.9 Å². The van der Waals surface area contributed by atoms with Crippen LogP contribution in [0.1, 0.15) is 27.6 Å². The molecule has 8 heteroatoms. The van der Waals surface area contributed by atoms with Crippen LogP contribution in [0, 0.1) is 0 Å². The molecule has 1 atom stereocenters. The molecule has 0 saturated carbocycles. The molecular weight excluding hydrogens is 394 g/mol. The standard InChI is InChI=1S/C23H17N5O3/c1-14(28-21(30)17-8-2-3-9-18(17)22(28)31)20(29)25-16-7-4-6-15(12-16)19-13-27-11-5-10-24-23(27)26-19/h2-14H,1H3,(H,25,29)/t14-/m0/s1. The number of nitrogens with zero attached hydrogens (tertiary/aromatic N) is 4. The summed E-state index contributed by atoms with van der Waals surface area (Å²) in [5.74, 6) is -0.807. The summed E-state index contributed by atoms with van der Waals surface area (Å²) < 4.78 is 1.81. The summed E-state index contributed by atoms with van der Waals surface area (Å²) in [6.07, 6.45) is 5.38. The Balaban J connectivity index is 1.37. The van der Waals surface area contributed by atoms with Gasteiger partial charge in [0.1, 0.15) is 6.04 Å². The van der Waals surface area contributed by atoms with Gasteiger partial charge in [0.15, 0.2) is 0 Å². The number of carbonyl (C=O) groups excluding carboxylic acids is 3. The van der Waals surface area contributed by atoms with E-state index in [0.29, 0.717) is 28.3 Å². The first-order chi connectivity index (χ1) is 15.0. The van der Waals surface area contributed by atoms with E-state index in [1.54, 1.807) is 48.7 Å². The minimum Gasteiger partial charge on any atom is -0.324 e. The normalized spacial score (nSPS) is 14.0. The second-order valence-corrected chi connectivity index (χ2v) is 7.23. The SMILES string of the molecule is C[C@@H](C(=O)Nc1cccc(-c2cn3cccnc3n2)c1)N1C(=O)c2ccccc2C1=O. The summed E-state index contributed by atoms with van der Waals surface area (Å²) in [6, 6.07) is 14.6. The molecular formula is C23H17N5O3. The van der Waals surface area contributed by atoms with E-state index in [4.69, 9.17) is 0 Å². The van der Waals surface area contributed by atoms with E-state index in [9.17, 15) is 14.4 Å². The van der Waals surface area contributed by atoms with Crippen molar-refractivity contribution < 1.29 is 14.4 Å². The highest BCUT2D eigenvalue weighted by molar-refractivity contribution is 6.23.